The molecule has 6 heteroatoms. The van der Waals surface area contributed by atoms with E-state index in [-0.39, 0.29) is 11.8 Å². The normalized spacial score (nSPS) is 11.3. The van der Waals surface area contributed by atoms with Crippen LogP contribution in [0.5, 0.6) is 0 Å². The molecule has 0 bridgehead atoms. The van der Waals surface area contributed by atoms with Crippen molar-refractivity contribution in [1.82, 2.24) is 14.8 Å². The lowest BCUT2D eigenvalue weighted by Crippen LogP contribution is -2.17. The molecule has 6 nitrogen and oxygen atoms in total. The number of fused-ring (bicyclic) bond motifs is 1. The highest BCUT2D eigenvalue weighted by Gasteiger charge is 2.16. The predicted octanol–water partition coefficient (Wildman–Crippen LogP) is 3.73. The maximum absolute atomic E-state index is 12.6. The number of oxazole rings is 1. The average molecular weight is 312 g/mol. The number of hydrogen-bond donors (Lipinski definition) is 1. The van der Waals surface area contributed by atoms with Crippen LogP contribution < -0.4 is 5.32 Å². The summed E-state index contributed by atoms with van der Waals surface area (Å²) in [6.07, 6.45) is 0. The Morgan fingerprint density at radius 1 is 1.35 bits per heavy atom. The van der Waals surface area contributed by atoms with Gasteiger partial charge in [0.15, 0.2) is 11.5 Å². The molecule has 23 heavy (non-hydrogen) atoms. The van der Waals surface area contributed by atoms with Gasteiger partial charge in [-0.2, -0.15) is 5.10 Å². The summed E-state index contributed by atoms with van der Waals surface area (Å²) in [5.74, 6) is 0.707. The minimum Gasteiger partial charge on any atom is -0.441 e. The number of hydrogen-bond acceptors (Lipinski definition) is 4. The van der Waals surface area contributed by atoms with Gasteiger partial charge in [-0.1, -0.05) is 13.8 Å². The second kappa shape index (κ2) is 5.87. The van der Waals surface area contributed by atoms with Gasteiger partial charge in [0, 0.05) is 25.2 Å². The highest BCUT2D eigenvalue weighted by molar-refractivity contribution is 6.03. The fourth-order valence-corrected chi connectivity index (χ4v) is 2.46. The Labute approximate surface area is 134 Å². The number of amides is 1. The number of nitrogens with zero attached hydrogens (tertiary/aromatic N) is 3. The Balaban J connectivity index is 1.87. The summed E-state index contributed by atoms with van der Waals surface area (Å²) in [5, 5.41) is 7.37. The van der Waals surface area contributed by atoms with Crippen LogP contribution in [0.1, 0.15) is 48.8 Å². The summed E-state index contributed by atoms with van der Waals surface area (Å²) in [4.78, 5) is 16.8. The second-order valence-corrected chi connectivity index (χ2v) is 5.79. The third-order valence-electron chi connectivity index (χ3n) is 3.68. The number of benzene rings is 1. The van der Waals surface area contributed by atoms with Crippen LogP contribution in [0.4, 0.5) is 5.69 Å². The Morgan fingerprint density at radius 2 is 2.13 bits per heavy atom. The molecule has 0 spiro atoms. The lowest BCUT2D eigenvalue weighted by molar-refractivity contribution is 0.101. The maximum Gasteiger partial charge on any atom is 0.273 e. The summed E-state index contributed by atoms with van der Waals surface area (Å²) < 4.78 is 7.22. The van der Waals surface area contributed by atoms with Crippen LogP contribution in [0.15, 0.2) is 28.7 Å². The Hall–Kier alpha value is -2.63. The maximum atomic E-state index is 12.6. The summed E-state index contributed by atoms with van der Waals surface area (Å²) in [6.45, 7) is 8.53. The van der Waals surface area contributed by atoms with Crippen molar-refractivity contribution >= 4 is 22.7 Å². The Kier molecular flexibility index (Phi) is 3.90. The van der Waals surface area contributed by atoms with Gasteiger partial charge in [0.2, 0.25) is 0 Å². The van der Waals surface area contributed by atoms with Crippen molar-refractivity contribution in [1.29, 1.82) is 0 Å². The van der Waals surface area contributed by atoms with Crippen LogP contribution in [0.3, 0.4) is 0 Å². The molecule has 0 radical (unpaired) electrons. The van der Waals surface area contributed by atoms with Gasteiger partial charge >= 0.3 is 0 Å². The van der Waals surface area contributed by atoms with Gasteiger partial charge in [0.05, 0.1) is 5.69 Å². The molecule has 3 rings (SSSR count). The average Bonchev–Trinajstić information content (AvgIpc) is 3.09. The van der Waals surface area contributed by atoms with Gasteiger partial charge in [-0.15, -0.1) is 0 Å². The fraction of sp³-hybridized carbons (Fsp3) is 0.353. The van der Waals surface area contributed by atoms with E-state index in [1.165, 1.54) is 0 Å². The molecule has 0 aliphatic rings. The van der Waals surface area contributed by atoms with Crippen LogP contribution >= 0.6 is 0 Å². The molecule has 1 aromatic carbocycles. The van der Waals surface area contributed by atoms with Gasteiger partial charge in [-0.05, 0) is 31.0 Å². The van der Waals surface area contributed by atoms with Crippen molar-refractivity contribution in [2.24, 2.45) is 0 Å². The molecule has 0 atom stereocenters. The molecule has 0 fully saturated rings. The molecule has 120 valence electrons. The molecule has 3 aromatic rings. The third-order valence-corrected chi connectivity index (χ3v) is 3.68. The second-order valence-electron chi connectivity index (χ2n) is 5.79. The summed E-state index contributed by atoms with van der Waals surface area (Å²) in [7, 11) is 0. The highest BCUT2D eigenvalue weighted by Crippen LogP contribution is 2.21. The first kappa shape index (κ1) is 15.3. The largest absolute Gasteiger partial charge is 0.441 e. The van der Waals surface area contributed by atoms with Gasteiger partial charge < -0.3 is 9.73 Å². The first-order valence-electron chi connectivity index (χ1n) is 7.74. The number of carbonyl (C=O) groups excluding carboxylic acids is 1. The topological polar surface area (TPSA) is 73.0 Å². The number of rotatable bonds is 4. The summed E-state index contributed by atoms with van der Waals surface area (Å²) in [6, 6.07) is 7.28. The lowest BCUT2D eigenvalue weighted by atomic mass is 10.1. The number of anilines is 1. The van der Waals surface area contributed by atoms with Gasteiger partial charge in [0.1, 0.15) is 11.2 Å². The summed E-state index contributed by atoms with van der Waals surface area (Å²) in [5.41, 5.74) is 3.59. The number of nitrogens with one attached hydrogen (secondary N) is 1. The first-order chi connectivity index (χ1) is 11.0. The van der Waals surface area contributed by atoms with E-state index in [1.807, 2.05) is 25.1 Å². The van der Waals surface area contributed by atoms with Gasteiger partial charge in [-0.25, -0.2) is 4.98 Å². The van der Waals surface area contributed by atoms with E-state index in [0.29, 0.717) is 29.4 Å². The zero-order chi connectivity index (χ0) is 16.6. The molecule has 0 saturated carbocycles. The standard InChI is InChI=1S/C17H20N4O2/c1-5-21-15(9-14(20-21)10(2)3)17(22)19-12-6-7-13-16(8-12)23-11(4)18-13/h6-10H,5H2,1-4H3,(H,19,22). The van der Waals surface area contributed by atoms with E-state index in [2.05, 4.69) is 29.2 Å². The molecule has 2 heterocycles. The first-order valence-corrected chi connectivity index (χ1v) is 7.74. The van der Waals surface area contributed by atoms with E-state index >= 15 is 0 Å². The van der Waals surface area contributed by atoms with Crippen molar-refractivity contribution in [2.75, 3.05) is 5.32 Å². The third kappa shape index (κ3) is 2.97. The lowest BCUT2D eigenvalue weighted by Gasteiger charge is -2.06. The predicted molar refractivity (Wildman–Crippen MR) is 88.7 cm³/mol. The quantitative estimate of drug-likeness (QED) is 0.796. The Morgan fingerprint density at radius 3 is 2.83 bits per heavy atom. The van der Waals surface area contributed by atoms with Crippen LogP contribution in [0.25, 0.3) is 11.1 Å². The van der Waals surface area contributed by atoms with Crippen LogP contribution in [0, 0.1) is 6.92 Å². The number of carbonyl (C=O) groups is 1. The van der Waals surface area contributed by atoms with E-state index in [1.54, 1.807) is 17.7 Å². The number of aryl methyl sites for hydroxylation is 2. The zero-order valence-corrected chi connectivity index (χ0v) is 13.8. The zero-order valence-electron chi connectivity index (χ0n) is 13.8. The molecule has 0 unspecified atom stereocenters. The van der Waals surface area contributed by atoms with E-state index in [9.17, 15) is 4.79 Å². The van der Waals surface area contributed by atoms with Gasteiger partial charge in [0.25, 0.3) is 5.91 Å². The molecular formula is C17H20N4O2. The summed E-state index contributed by atoms with van der Waals surface area (Å²) >= 11 is 0. The van der Waals surface area contributed by atoms with Gasteiger partial charge in [-0.3, -0.25) is 9.48 Å². The monoisotopic (exact) mass is 312 g/mol. The van der Waals surface area contributed by atoms with Crippen LogP contribution in [0.2, 0.25) is 0 Å². The van der Waals surface area contributed by atoms with Crippen molar-refractivity contribution in [3.8, 4) is 0 Å². The van der Waals surface area contributed by atoms with Crippen molar-refractivity contribution < 1.29 is 9.21 Å². The molecule has 2 aromatic heterocycles. The Bertz CT molecular complexity index is 861. The highest BCUT2D eigenvalue weighted by atomic mass is 16.3. The molecule has 1 N–H and O–H groups in total. The minimum atomic E-state index is -0.179. The minimum absolute atomic E-state index is 0.179. The molecular weight excluding hydrogens is 292 g/mol. The molecule has 0 aliphatic carbocycles. The SMILES string of the molecule is CCn1nc(C(C)C)cc1C(=O)Nc1ccc2nc(C)oc2c1. The van der Waals surface area contributed by atoms with E-state index in [4.69, 9.17) is 4.42 Å². The van der Waals surface area contributed by atoms with Crippen molar-refractivity contribution in [3.05, 3.63) is 41.5 Å². The van der Waals surface area contributed by atoms with Crippen LogP contribution in [-0.4, -0.2) is 20.7 Å². The molecule has 0 aliphatic heterocycles. The fourth-order valence-electron chi connectivity index (χ4n) is 2.46. The molecule has 1 amide bonds. The van der Waals surface area contributed by atoms with Crippen molar-refractivity contribution in [2.45, 2.75) is 40.2 Å². The van der Waals surface area contributed by atoms with Crippen LogP contribution in [-0.2, 0) is 6.54 Å². The molecule has 0 saturated heterocycles. The van der Waals surface area contributed by atoms with E-state index in [0.717, 1.165) is 11.2 Å². The smallest absolute Gasteiger partial charge is 0.273 e. The van der Waals surface area contributed by atoms with Crippen molar-refractivity contribution in [3.63, 3.8) is 0 Å². The van der Waals surface area contributed by atoms with E-state index < -0.39 is 0 Å². The number of aromatic nitrogens is 3.